The molecule has 8 heteroatoms. The number of hydrogen-bond donors (Lipinski definition) is 1. The molecule has 1 aromatic heterocycles. The molecule has 1 N–H and O–H groups in total. The predicted octanol–water partition coefficient (Wildman–Crippen LogP) is 2.92. The normalized spacial score (nSPS) is 13.9. The molecule has 2 heterocycles. The maximum atomic E-state index is 12.6. The number of aromatic nitrogens is 2. The van der Waals surface area contributed by atoms with Gasteiger partial charge in [-0.25, -0.2) is 4.98 Å². The fourth-order valence-corrected chi connectivity index (χ4v) is 3.63. The van der Waals surface area contributed by atoms with Gasteiger partial charge in [-0.1, -0.05) is 22.0 Å². The van der Waals surface area contributed by atoms with Crippen LogP contribution in [-0.2, 0) is 16.1 Å². The largest absolute Gasteiger partial charge is 0.324 e. The SMILES string of the molecule is O=C(Cn1cnc2ccc(Br)cc2c1=O)Nc1cccc(N2CCCC2=O)c1. The number of halogens is 1. The number of carbonyl (C=O) groups excluding carboxylic acids is 2. The van der Waals surface area contributed by atoms with Crippen molar-refractivity contribution < 1.29 is 9.59 Å². The molecule has 0 spiro atoms. The number of fused-ring (bicyclic) bond motifs is 1. The number of hydrogen-bond acceptors (Lipinski definition) is 4. The second kappa shape index (κ2) is 7.55. The predicted molar refractivity (Wildman–Crippen MR) is 110 cm³/mol. The summed E-state index contributed by atoms with van der Waals surface area (Å²) in [5.41, 5.74) is 1.63. The first-order valence-electron chi connectivity index (χ1n) is 8.86. The van der Waals surface area contributed by atoms with Gasteiger partial charge in [0.2, 0.25) is 11.8 Å². The molecule has 2 amide bonds. The molecule has 1 saturated heterocycles. The Balaban J connectivity index is 1.52. The molecule has 4 rings (SSSR count). The maximum Gasteiger partial charge on any atom is 0.261 e. The molecular formula is C20H17BrN4O3. The first kappa shape index (κ1) is 18.4. The molecule has 1 fully saturated rings. The molecule has 28 heavy (non-hydrogen) atoms. The minimum Gasteiger partial charge on any atom is -0.324 e. The summed E-state index contributed by atoms with van der Waals surface area (Å²) in [6, 6.07) is 12.4. The van der Waals surface area contributed by atoms with E-state index in [1.54, 1.807) is 35.2 Å². The van der Waals surface area contributed by atoms with Crippen molar-refractivity contribution in [2.45, 2.75) is 19.4 Å². The quantitative estimate of drug-likeness (QED) is 0.675. The van der Waals surface area contributed by atoms with E-state index in [9.17, 15) is 14.4 Å². The Labute approximate surface area is 169 Å². The Hall–Kier alpha value is -3.00. The number of rotatable bonds is 4. The van der Waals surface area contributed by atoms with Gasteiger partial charge < -0.3 is 10.2 Å². The molecule has 0 saturated carbocycles. The molecule has 1 aliphatic rings. The lowest BCUT2D eigenvalue weighted by Gasteiger charge is -2.17. The average Bonchev–Trinajstić information content (AvgIpc) is 3.10. The second-order valence-electron chi connectivity index (χ2n) is 6.59. The molecule has 2 aromatic carbocycles. The fraction of sp³-hybridized carbons (Fsp3) is 0.200. The van der Waals surface area contributed by atoms with E-state index >= 15 is 0 Å². The van der Waals surface area contributed by atoms with E-state index < -0.39 is 0 Å². The summed E-state index contributed by atoms with van der Waals surface area (Å²) in [6.45, 7) is 0.533. The Morgan fingerprint density at radius 1 is 1.18 bits per heavy atom. The van der Waals surface area contributed by atoms with Crippen LogP contribution < -0.4 is 15.8 Å². The van der Waals surface area contributed by atoms with Gasteiger partial charge in [0.15, 0.2) is 0 Å². The number of anilines is 2. The van der Waals surface area contributed by atoms with E-state index in [0.717, 1.165) is 16.6 Å². The van der Waals surface area contributed by atoms with Gasteiger partial charge in [-0.2, -0.15) is 0 Å². The highest BCUT2D eigenvalue weighted by Gasteiger charge is 2.21. The van der Waals surface area contributed by atoms with Gasteiger partial charge in [-0.3, -0.25) is 19.0 Å². The summed E-state index contributed by atoms with van der Waals surface area (Å²) in [5.74, 6) is -0.258. The van der Waals surface area contributed by atoms with Crippen LogP contribution in [0.3, 0.4) is 0 Å². The van der Waals surface area contributed by atoms with Crippen molar-refractivity contribution >= 4 is 50.0 Å². The summed E-state index contributed by atoms with van der Waals surface area (Å²) in [6.07, 6.45) is 2.76. The maximum absolute atomic E-state index is 12.6. The number of benzene rings is 2. The third-order valence-electron chi connectivity index (χ3n) is 4.62. The summed E-state index contributed by atoms with van der Waals surface area (Å²) < 4.78 is 2.05. The highest BCUT2D eigenvalue weighted by atomic mass is 79.9. The Bertz CT molecular complexity index is 1140. The molecule has 0 bridgehead atoms. The lowest BCUT2D eigenvalue weighted by molar-refractivity contribution is -0.117. The van der Waals surface area contributed by atoms with E-state index in [1.165, 1.54) is 10.9 Å². The zero-order valence-corrected chi connectivity index (χ0v) is 16.5. The van der Waals surface area contributed by atoms with Crippen molar-refractivity contribution in [1.82, 2.24) is 9.55 Å². The standard InChI is InChI=1S/C20H17BrN4O3/c21-13-6-7-17-16(9-13)20(28)24(12-22-17)11-18(26)23-14-3-1-4-15(10-14)25-8-2-5-19(25)27/h1,3-4,6-7,9-10,12H,2,5,8,11H2,(H,23,26). The fourth-order valence-electron chi connectivity index (χ4n) is 3.27. The Morgan fingerprint density at radius 3 is 2.82 bits per heavy atom. The van der Waals surface area contributed by atoms with Crippen molar-refractivity contribution in [3.8, 4) is 0 Å². The third kappa shape index (κ3) is 3.68. The summed E-state index contributed by atoms with van der Waals surface area (Å²) >= 11 is 3.34. The van der Waals surface area contributed by atoms with E-state index in [1.807, 2.05) is 12.1 Å². The van der Waals surface area contributed by atoms with Crippen molar-refractivity contribution in [1.29, 1.82) is 0 Å². The number of amides is 2. The van der Waals surface area contributed by atoms with Gasteiger partial charge in [0.1, 0.15) is 6.54 Å². The monoisotopic (exact) mass is 440 g/mol. The van der Waals surface area contributed by atoms with Crippen LogP contribution in [-0.4, -0.2) is 27.9 Å². The van der Waals surface area contributed by atoms with Crippen LogP contribution in [0.15, 0.2) is 58.1 Å². The molecule has 0 radical (unpaired) electrons. The first-order valence-corrected chi connectivity index (χ1v) is 9.65. The Kier molecular flexibility index (Phi) is 4.95. The van der Waals surface area contributed by atoms with Gasteiger partial charge in [0, 0.05) is 28.8 Å². The molecule has 3 aromatic rings. The van der Waals surface area contributed by atoms with Crippen LogP contribution >= 0.6 is 15.9 Å². The minimum atomic E-state index is -0.344. The molecule has 0 unspecified atom stereocenters. The van der Waals surface area contributed by atoms with E-state index in [4.69, 9.17) is 0 Å². The number of nitrogens with zero attached hydrogens (tertiary/aromatic N) is 3. The molecular weight excluding hydrogens is 424 g/mol. The summed E-state index contributed by atoms with van der Waals surface area (Å²) in [4.78, 5) is 42.9. The van der Waals surface area contributed by atoms with Gasteiger partial charge in [0.05, 0.1) is 17.2 Å². The molecule has 0 aliphatic carbocycles. The van der Waals surface area contributed by atoms with Gasteiger partial charge in [-0.05, 0) is 42.8 Å². The van der Waals surface area contributed by atoms with Crippen molar-refractivity contribution in [3.05, 3.63) is 63.6 Å². The first-order chi connectivity index (χ1) is 13.5. The number of carbonyl (C=O) groups is 2. The minimum absolute atomic E-state index is 0.0865. The highest BCUT2D eigenvalue weighted by molar-refractivity contribution is 9.10. The van der Waals surface area contributed by atoms with Crippen LogP contribution in [0.2, 0.25) is 0 Å². The molecule has 142 valence electrons. The van der Waals surface area contributed by atoms with Crippen molar-refractivity contribution in [2.24, 2.45) is 0 Å². The molecule has 1 aliphatic heterocycles. The van der Waals surface area contributed by atoms with E-state index in [0.29, 0.717) is 29.6 Å². The van der Waals surface area contributed by atoms with Crippen LogP contribution in [0, 0.1) is 0 Å². The highest BCUT2D eigenvalue weighted by Crippen LogP contribution is 2.24. The Morgan fingerprint density at radius 2 is 2.04 bits per heavy atom. The molecule has 7 nitrogen and oxygen atoms in total. The third-order valence-corrected chi connectivity index (χ3v) is 5.11. The van der Waals surface area contributed by atoms with E-state index in [2.05, 4.69) is 26.2 Å². The van der Waals surface area contributed by atoms with Crippen LogP contribution in [0.1, 0.15) is 12.8 Å². The van der Waals surface area contributed by atoms with Crippen molar-refractivity contribution in [3.63, 3.8) is 0 Å². The second-order valence-corrected chi connectivity index (χ2v) is 7.50. The smallest absolute Gasteiger partial charge is 0.261 e. The zero-order valence-electron chi connectivity index (χ0n) is 14.9. The van der Waals surface area contributed by atoms with E-state index in [-0.39, 0.29) is 23.9 Å². The topological polar surface area (TPSA) is 84.3 Å². The average molecular weight is 441 g/mol. The van der Waals surface area contributed by atoms with Crippen LogP contribution in [0.4, 0.5) is 11.4 Å². The van der Waals surface area contributed by atoms with Crippen LogP contribution in [0.25, 0.3) is 10.9 Å². The zero-order chi connectivity index (χ0) is 19.7. The lowest BCUT2D eigenvalue weighted by Crippen LogP contribution is -2.28. The molecule has 0 atom stereocenters. The summed E-state index contributed by atoms with van der Waals surface area (Å²) in [5, 5.41) is 3.23. The number of nitrogens with one attached hydrogen (secondary N) is 1. The lowest BCUT2D eigenvalue weighted by atomic mass is 10.2. The summed E-state index contributed by atoms with van der Waals surface area (Å²) in [7, 11) is 0. The van der Waals surface area contributed by atoms with Crippen molar-refractivity contribution in [2.75, 3.05) is 16.8 Å². The van der Waals surface area contributed by atoms with Gasteiger partial charge in [0.25, 0.3) is 5.56 Å². The van der Waals surface area contributed by atoms with Gasteiger partial charge in [-0.15, -0.1) is 0 Å². The van der Waals surface area contributed by atoms with Crippen LogP contribution in [0.5, 0.6) is 0 Å². The van der Waals surface area contributed by atoms with Gasteiger partial charge >= 0.3 is 0 Å².